The van der Waals surface area contributed by atoms with E-state index in [1.165, 1.54) is 0 Å². The van der Waals surface area contributed by atoms with Gasteiger partial charge in [-0.3, -0.25) is 14.4 Å². The summed E-state index contributed by atoms with van der Waals surface area (Å²) in [5.74, 6) is -9.00. The summed E-state index contributed by atoms with van der Waals surface area (Å²) in [6.45, 7) is 30.4. The Morgan fingerprint density at radius 2 is 0.529 bits per heavy atom. The standard InChI is InChI=1S/C56H84O12/c1-49(2,3)37-19-31(20-38(46(37)66)50(4,5)6)34(25-43(60)61)56(55(28-57,29-58)30-59,35(26-44(62)63)32-21-39(51(7,8)9)47(67)40(22-32)52(10,11)12)36(27-45(64)65)33-23-41(53(13,14)15)48(68)42(24-33)54(16,17)18/h19-24,34-36,57-59,66-68H,25-30H2,1-18H3,(H,60,61)(H,62,63)(H,64,65). The maximum atomic E-state index is 13.9. The van der Waals surface area contributed by atoms with Crippen molar-refractivity contribution in [1.82, 2.24) is 0 Å². The zero-order valence-corrected chi connectivity index (χ0v) is 44.2. The summed E-state index contributed by atoms with van der Waals surface area (Å²) in [6.07, 6.45) is -2.50. The minimum atomic E-state index is -2.33. The molecule has 3 aromatic rings. The largest absolute Gasteiger partial charge is 0.507 e. The van der Waals surface area contributed by atoms with Crippen LogP contribution in [0.1, 0.15) is 212 Å². The average Bonchev–Trinajstić information content (AvgIpc) is 3.15. The van der Waals surface area contributed by atoms with Gasteiger partial charge in [0.2, 0.25) is 0 Å². The van der Waals surface area contributed by atoms with Crippen LogP contribution in [0.2, 0.25) is 0 Å². The van der Waals surface area contributed by atoms with Crippen LogP contribution in [0.25, 0.3) is 0 Å². The Morgan fingerprint density at radius 3 is 0.647 bits per heavy atom. The van der Waals surface area contributed by atoms with Gasteiger partial charge in [-0.05, 0) is 82.6 Å². The lowest BCUT2D eigenvalue weighted by molar-refractivity contribution is -0.161. The fourth-order valence-electron chi connectivity index (χ4n) is 10.6. The summed E-state index contributed by atoms with van der Waals surface area (Å²) in [4.78, 5) is 41.7. The second-order valence-corrected chi connectivity index (χ2v) is 25.5. The van der Waals surface area contributed by atoms with Crippen LogP contribution >= 0.6 is 0 Å². The first-order chi connectivity index (χ1) is 30.6. The Labute approximate surface area is 405 Å². The minimum absolute atomic E-state index is 0.0540. The van der Waals surface area contributed by atoms with E-state index in [-0.39, 0.29) is 33.9 Å². The smallest absolute Gasteiger partial charge is 0.303 e. The Bertz CT molecular complexity index is 1970. The maximum Gasteiger partial charge on any atom is 0.303 e. The van der Waals surface area contributed by atoms with Gasteiger partial charge in [0.25, 0.3) is 0 Å². The highest BCUT2D eigenvalue weighted by molar-refractivity contribution is 5.73. The molecule has 0 bridgehead atoms. The van der Waals surface area contributed by atoms with E-state index in [0.717, 1.165) is 0 Å². The number of carboxylic acids is 3. The van der Waals surface area contributed by atoms with Gasteiger partial charge in [-0.2, -0.15) is 0 Å². The van der Waals surface area contributed by atoms with E-state index in [1.54, 1.807) is 36.4 Å². The Morgan fingerprint density at radius 1 is 0.368 bits per heavy atom. The van der Waals surface area contributed by atoms with E-state index in [0.29, 0.717) is 33.4 Å². The van der Waals surface area contributed by atoms with Gasteiger partial charge in [0.1, 0.15) is 17.2 Å². The van der Waals surface area contributed by atoms with Crippen molar-refractivity contribution in [1.29, 1.82) is 0 Å². The Hall–Kier alpha value is -4.65. The Balaban J connectivity index is 3.22. The van der Waals surface area contributed by atoms with Crippen molar-refractivity contribution in [3.05, 3.63) is 86.5 Å². The van der Waals surface area contributed by atoms with E-state index in [2.05, 4.69) is 0 Å². The van der Waals surface area contributed by atoms with Gasteiger partial charge < -0.3 is 46.0 Å². The van der Waals surface area contributed by atoms with Gasteiger partial charge in [0, 0.05) is 28.6 Å². The number of benzene rings is 3. The molecule has 0 aliphatic rings. The van der Waals surface area contributed by atoms with Crippen LogP contribution in [0.15, 0.2) is 36.4 Å². The molecule has 0 heterocycles. The minimum Gasteiger partial charge on any atom is -0.507 e. The maximum absolute atomic E-state index is 13.9. The van der Waals surface area contributed by atoms with Crippen molar-refractivity contribution in [3.63, 3.8) is 0 Å². The molecule has 380 valence electrons. The highest BCUT2D eigenvalue weighted by Gasteiger charge is 2.65. The fourth-order valence-corrected chi connectivity index (χ4v) is 10.6. The molecular weight excluding hydrogens is 865 g/mol. The van der Waals surface area contributed by atoms with Crippen LogP contribution in [0.4, 0.5) is 0 Å². The van der Waals surface area contributed by atoms with Gasteiger partial charge >= 0.3 is 17.9 Å². The average molecular weight is 949 g/mol. The number of aromatic hydroxyl groups is 3. The first-order valence-electron chi connectivity index (χ1n) is 23.7. The molecule has 0 saturated heterocycles. The monoisotopic (exact) mass is 949 g/mol. The third-order valence-electron chi connectivity index (χ3n) is 14.1. The molecule has 3 unspecified atom stereocenters. The van der Waals surface area contributed by atoms with Gasteiger partial charge in [0.15, 0.2) is 0 Å². The second kappa shape index (κ2) is 19.6. The van der Waals surface area contributed by atoms with Crippen molar-refractivity contribution in [2.24, 2.45) is 10.8 Å². The number of hydrogen-bond acceptors (Lipinski definition) is 9. The predicted molar refractivity (Wildman–Crippen MR) is 268 cm³/mol. The zero-order chi connectivity index (χ0) is 52.9. The first-order valence-corrected chi connectivity index (χ1v) is 23.7. The van der Waals surface area contributed by atoms with Crippen molar-refractivity contribution in [2.75, 3.05) is 19.8 Å². The van der Waals surface area contributed by atoms with Crippen molar-refractivity contribution in [3.8, 4) is 17.2 Å². The Kier molecular flexibility index (Phi) is 16.6. The number of aliphatic hydroxyl groups is 3. The van der Waals surface area contributed by atoms with Crippen LogP contribution in [0.3, 0.4) is 0 Å². The van der Waals surface area contributed by atoms with Gasteiger partial charge in [-0.15, -0.1) is 0 Å². The lowest BCUT2D eigenvalue weighted by Crippen LogP contribution is -2.60. The highest BCUT2D eigenvalue weighted by atomic mass is 16.4. The number of rotatable bonds is 16. The third-order valence-corrected chi connectivity index (χ3v) is 14.1. The molecule has 68 heavy (non-hydrogen) atoms. The lowest BCUT2D eigenvalue weighted by Gasteiger charge is -2.60. The van der Waals surface area contributed by atoms with Gasteiger partial charge in [-0.1, -0.05) is 161 Å². The molecule has 0 aliphatic heterocycles. The van der Waals surface area contributed by atoms with Crippen LogP contribution in [-0.2, 0) is 46.9 Å². The number of hydrogen-bond donors (Lipinski definition) is 9. The van der Waals surface area contributed by atoms with E-state index in [4.69, 9.17) is 0 Å². The molecule has 12 heteroatoms. The lowest BCUT2D eigenvalue weighted by atomic mass is 9.42. The van der Waals surface area contributed by atoms with Crippen LogP contribution in [0.5, 0.6) is 17.2 Å². The highest BCUT2D eigenvalue weighted by Crippen LogP contribution is 2.68. The molecule has 9 N–H and O–H groups in total. The number of carboxylic acid groups (broad SMARTS) is 3. The molecule has 3 atom stereocenters. The number of carbonyl (C=O) groups is 3. The summed E-state index contributed by atoms with van der Waals surface area (Å²) >= 11 is 0. The molecule has 0 amide bonds. The summed E-state index contributed by atoms with van der Waals surface area (Å²) in [7, 11) is 0. The second-order valence-electron chi connectivity index (χ2n) is 25.5. The van der Waals surface area contributed by atoms with E-state index < -0.39 is 118 Å². The molecule has 0 spiro atoms. The molecule has 0 radical (unpaired) electrons. The molecule has 0 saturated carbocycles. The molecular formula is C56H84O12. The predicted octanol–water partition coefficient (Wildman–Crippen LogP) is 10.6. The van der Waals surface area contributed by atoms with Crippen LogP contribution in [-0.4, -0.2) is 83.7 Å². The number of phenols is 3. The summed E-state index contributed by atoms with van der Waals surface area (Å²) in [6, 6.07) is 9.89. The SMILES string of the molecule is CC(C)(C)c1cc(C(CC(=O)O)C(C(CC(=O)O)c2cc(C(C)(C)C)c(O)c(C(C)(C)C)c2)(C(CC(=O)O)c2cc(C(C)(C)C)c(O)c(C(C)(C)C)c2)C(CO)(CO)CO)cc(C(C)(C)C)c1O. The third kappa shape index (κ3) is 11.5. The summed E-state index contributed by atoms with van der Waals surface area (Å²) in [5.41, 5.74) is -6.25. The van der Waals surface area contributed by atoms with Crippen LogP contribution < -0.4 is 0 Å². The zero-order valence-electron chi connectivity index (χ0n) is 44.2. The molecule has 0 fully saturated rings. The number of phenolic OH excluding ortho intramolecular Hbond substituents is 3. The summed E-state index contributed by atoms with van der Waals surface area (Å²) < 4.78 is 0. The van der Waals surface area contributed by atoms with E-state index >= 15 is 0 Å². The normalized spacial score (nSPS) is 15.7. The topological polar surface area (TPSA) is 233 Å². The fraction of sp³-hybridized carbons (Fsp3) is 0.625. The van der Waals surface area contributed by atoms with Crippen LogP contribution in [0, 0.1) is 10.8 Å². The van der Waals surface area contributed by atoms with Gasteiger partial charge in [-0.25, -0.2) is 0 Å². The molecule has 12 nitrogen and oxygen atoms in total. The van der Waals surface area contributed by atoms with Crippen molar-refractivity contribution >= 4 is 17.9 Å². The van der Waals surface area contributed by atoms with Crippen molar-refractivity contribution < 1.29 is 60.3 Å². The quantitative estimate of drug-likeness (QED) is 0.0653. The van der Waals surface area contributed by atoms with Gasteiger partial charge in [0.05, 0.1) is 39.1 Å². The molecule has 3 aromatic carbocycles. The van der Waals surface area contributed by atoms with E-state index in [1.807, 2.05) is 125 Å². The number of aliphatic hydroxyl groups excluding tert-OH is 3. The molecule has 3 rings (SSSR count). The van der Waals surface area contributed by atoms with E-state index in [9.17, 15) is 60.3 Å². The first kappa shape index (κ1) is 57.7. The molecule has 0 aromatic heterocycles. The summed E-state index contributed by atoms with van der Waals surface area (Å²) in [5, 5.41) is 107. The number of aliphatic carboxylic acids is 3. The van der Waals surface area contributed by atoms with Crippen molar-refractivity contribution in [2.45, 2.75) is 194 Å². The molecule has 0 aliphatic carbocycles.